The van der Waals surface area contributed by atoms with Crippen LogP contribution in [-0.4, -0.2) is 26.1 Å². The highest BCUT2D eigenvalue weighted by Gasteiger charge is 2.32. The van der Waals surface area contributed by atoms with Crippen molar-refractivity contribution in [2.75, 3.05) is 16.6 Å². The van der Waals surface area contributed by atoms with E-state index in [2.05, 4.69) is 23.5 Å². The third kappa shape index (κ3) is 2.50. The molecular formula is C11H17N4PS3. The van der Waals surface area contributed by atoms with Gasteiger partial charge in [-0.25, -0.2) is 9.75 Å². The van der Waals surface area contributed by atoms with E-state index in [1.165, 1.54) is 17.9 Å². The topological polar surface area (TPSA) is 42.2 Å². The average molecular weight is 332 g/mol. The van der Waals surface area contributed by atoms with Crippen LogP contribution in [0.5, 0.6) is 0 Å². The molecule has 2 aliphatic rings. The Balaban J connectivity index is 2.07. The minimum Gasteiger partial charge on any atom is -0.324 e. The number of thioether (sulfide) groups is 1. The molecule has 0 saturated carbocycles. The van der Waals surface area contributed by atoms with E-state index in [1.807, 2.05) is 0 Å². The number of anilines is 1. The van der Waals surface area contributed by atoms with Crippen LogP contribution < -0.4 is 5.09 Å². The van der Waals surface area contributed by atoms with Gasteiger partial charge in [0.05, 0.1) is 0 Å². The summed E-state index contributed by atoms with van der Waals surface area (Å²) < 4.78 is 7.20. The number of rotatable bonds is 3. The lowest BCUT2D eigenvalue weighted by Gasteiger charge is -2.24. The Labute approximate surface area is 127 Å². The molecule has 0 radical (unpaired) electrons. The largest absolute Gasteiger partial charge is 0.324 e. The summed E-state index contributed by atoms with van der Waals surface area (Å²) in [5, 5.41) is 4.55. The molecule has 0 spiro atoms. The predicted octanol–water partition coefficient (Wildman–Crippen LogP) is 3.73. The summed E-state index contributed by atoms with van der Waals surface area (Å²) in [5.74, 6) is 4.17. The van der Waals surface area contributed by atoms with Gasteiger partial charge in [-0.15, -0.1) is 11.8 Å². The molecule has 2 aliphatic heterocycles. The molecule has 0 amide bonds. The van der Waals surface area contributed by atoms with Crippen LogP contribution in [0.15, 0.2) is 4.76 Å². The third-order valence-corrected chi connectivity index (χ3v) is 9.44. The van der Waals surface area contributed by atoms with Gasteiger partial charge in [-0.1, -0.05) is 25.2 Å². The fraction of sp³-hybridized carbons (Fsp3) is 0.636. The first-order chi connectivity index (χ1) is 9.17. The number of aromatic nitrogens is 2. The number of hydrogen-bond donors (Lipinski definition) is 1. The summed E-state index contributed by atoms with van der Waals surface area (Å²) in [7, 11) is 0. The molecule has 0 bridgehead atoms. The zero-order valence-electron chi connectivity index (χ0n) is 11.0. The minimum absolute atomic E-state index is 0.977. The molecule has 104 valence electrons. The van der Waals surface area contributed by atoms with Crippen LogP contribution in [0.4, 0.5) is 5.82 Å². The molecule has 4 nitrogen and oxygen atoms in total. The molecule has 0 aliphatic carbocycles. The van der Waals surface area contributed by atoms with Gasteiger partial charge in [0.15, 0.2) is 11.4 Å². The summed E-state index contributed by atoms with van der Waals surface area (Å²) in [6.45, 7) is 5.35. The summed E-state index contributed by atoms with van der Waals surface area (Å²) in [6, 6.07) is 0. The summed E-state index contributed by atoms with van der Waals surface area (Å²) in [4.78, 5) is 4.75. The number of aryl methyl sites for hydroxylation is 1. The maximum Gasteiger partial charge on any atom is 0.198 e. The molecular weight excluding hydrogens is 315 g/mol. The first-order valence-electron chi connectivity index (χ1n) is 6.52. The average Bonchev–Trinajstić information content (AvgIpc) is 2.88. The van der Waals surface area contributed by atoms with Gasteiger partial charge in [-0.2, -0.15) is 0 Å². The normalized spacial score (nSPS) is 24.6. The number of fused-ring (bicyclic) bond motifs is 3. The van der Waals surface area contributed by atoms with E-state index < -0.39 is 5.54 Å². The first kappa shape index (κ1) is 14.0. The van der Waals surface area contributed by atoms with Crippen molar-refractivity contribution in [1.82, 2.24) is 9.55 Å². The monoisotopic (exact) mass is 332 g/mol. The fourth-order valence-corrected chi connectivity index (χ4v) is 8.60. The van der Waals surface area contributed by atoms with Gasteiger partial charge in [0, 0.05) is 13.0 Å². The van der Waals surface area contributed by atoms with Gasteiger partial charge in [0.1, 0.15) is 16.6 Å². The Bertz CT molecular complexity index is 581. The van der Waals surface area contributed by atoms with Crippen LogP contribution in [0, 0.1) is 0 Å². The lowest BCUT2D eigenvalue weighted by molar-refractivity contribution is 0.745. The minimum atomic E-state index is -1.93. The Kier molecular flexibility index (Phi) is 4.00. The van der Waals surface area contributed by atoms with E-state index in [4.69, 9.17) is 21.6 Å². The fourth-order valence-electron chi connectivity index (χ4n) is 2.42. The number of hydrogen-bond acceptors (Lipinski definition) is 4. The van der Waals surface area contributed by atoms with Gasteiger partial charge < -0.3 is 9.65 Å². The SMILES string of the molecule is CCSC1=N[P@](=S)(SCC)Nc2nc3n(c21)CCC3. The van der Waals surface area contributed by atoms with Crippen molar-refractivity contribution in [1.29, 1.82) is 0 Å². The maximum atomic E-state index is 5.74. The standard InChI is InChI=1S/C11H17N4PS3/c1-3-18-11-9-10(12-8-6-5-7-15(8)9)13-16(17,14-11)19-4-2/h3-7H2,1-2H3,(H,13,14,17)/t16-/m1/s1. The van der Waals surface area contributed by atoms with Crippen molar-refractivity contribution in [3.8, 4) is 0 Å². The van der Waals surface area contributed by atoms with E-state index >= 15 is 0 Å². The Hall–Kier alpha value is 0.0300. The molecule has 3 rings (SSSR count). The third-order valence-electron chi connectivity index (χ3n) is 3.09. The second-order valence-corrected chi connectivity index (χ2v) is 12.6. The summed E-state index contributed by atoms with van der Waals surface area (Å²) >= 11 is 9.28. The Morgan fingerprint density at radius 2 is 2.26 bits per heavy atom. The summed E-state index contributed by atoms with van der Waals surface area (Å²) in [5.41, 5.74) is -0.756. The van der Waals surface area contributed by atoms with Gasteiger partial charge in [0.2, 0.25) is 0 Å². The number of nitrogens with zero attached hydrogens (tertiary/aromatic N) is 3. The van der Waals surface area contributed by atoms with Crippen molar-refractivity contribution in [3.05, 3.63) is 11.5 Å². The number of imidazole rings is 1. The lowest BCUT2D eigenvalue weighted by atomic mass is 10.3. The zero-order valence-corrected chi connectivity index (χ0v) is 14.4. The number of nitrogens with one attached hydrogen (secondary N) is 1. The molecule has 19 heavy (non-hydrogen) atoms. The molecule has 1 aromatic rings. The second kappa shape index (κ2) is 5.43. The van der Waals surface area contributed by atoms with Crippen molar-refractivity contribution in [2.24, 2.45) is 4.76 Å². The van der Waals surface area contributed by atoms with E-state index in [0.29, 0.717) is 0 Å². The first-order valence-corrected chi connectivity index (χ1v) is 11.9. The summed E-state index contributed by atoms with van der Waals surface area (Å²) in [6.07, 6.45) is 2.26. The molecule has 3 heterocycles. The molecule has 0 saturated heterocycles. The molecule has 0 fully saturated rings. The quantitative estimate of drug-likeness (QED) is 0.854. The van der Waals surface area contributed by atoms with Crippen LogP contribution >= 0.6 is 28.7 Å². The molecule has 0 aromatic carbocycles. The maximum absolute atomic E-state index is 5.74. The van der Waals surface area contributed by atoms with E-state index in [0.717, 1.165) is 35.3 Å². The Morgan fingerprint density at radius 1 is 1.42 bits per heavy atom. The van der Waals surface area contributed by atoms with Gasteiger partial charge >= 0.3 is 0 Å². The molecule has 1 aromatic heterocycles. The van der Waals surface area contributed by atoms with Crippen molar-refractivity contribution >= 4 is 51.4 Å². The van der Waals surface area contributed by atoms with Crippen LogP contribution in [-0.2, 0) is 24.8 Å². The van der Waals surface area contributed by atoms with Crippen molar-refractivity contribution in [2.45, 2.75) is 33.2 Å². The molecule has 1 N–H and O–H groups in total. The van der Waals surface area contributed by atoms with Crippen LogP contribution in [0.25, 0.3) is 0 Å². The highest BCUT2D eigenvalue weighted by molar-refractivity contribution is 8.71. The molecule has 0 unspecified atom stereocenters. The van der Waals surface area contributed by atoms with E-state index in [-0.39, 0.29) is 0 Å². The van der Waals surface area contributed by atoms with Gasteiger partial charge in [-0.05, 0) is 29.7 Å². The van der Waals surface area contributed by atoms with Crippen molar-refractivity contribution in [3.63, 3.8) is 0 Å². The Morgan fingerprint density at radius 3 is 3.00 bits per heavy atom. The predicted molar refractivity (Wildman–Crippen MR) is 91.3 cm³/mol. The molecule has 8 heteroatoms. The van der Waals surface area contributed by atoms with Crippen LogP contribution in [0.1, 0.15) is 31.8 Å². The van der Waals surface area contributed by atoms with Gasteiger partial charge in [-0.3, -0.25) is 0 Å². The lowest BCUT2D eigenvalue weighted by Crippen LogP contribution is -2.13. The van der Waals surface area contributed by atoms with Crippen molar-refractivity contribution < 1.29 is 0 Å². The van der Waals surface area contributed by atoms with Crippen LogP contribution in [0.2, 0.25) is 0 Å². The second-order valence-electron chi connectivity index (χ2n) is 4.37. The molecule has 1 atom stereocenters. The smallest absolute Gasteiger partial charge is 0.198 e. The van der Waals surface area contributed by atoms with Gasteiger partial charge in [0.25, 0.3) is 0 Å². The highest BCUT2D eigenvalue weighted by atomic mass is 32.9. The zero-order chi connectivity index (χ0) is 13.5. The van der Waals surface area contributed by atoms with E-state index in [9.17, 15) is 0 Å². The van der Waals surface area contributed by atoms with E-state index in [1.54, 1.807) is 23.1 Å². The highest BCUT2D eigenvalue weighted by Crippen LogP contribution is 2.62. The van der Waals surface area contributed by atoms with Crippen LogP contribution in [0.3, 0.4) is 0 Å².